The number of amides is 3. The fourth-order valence-electron chi connectivity index (χ4n) is 2.41. The van der Waals surface area contributed by atoms with Gasteiger partial charge in [-0.2, -0.15) is 0 Å². The van der Waals surface area contributed by atoms with Crippen molar-refractivity contribution in [1.82, 2.24) is 10.6 Å². The van der Waals surface area contributed by atoms with Crippen LogP contribution >= 0.6 is 0 Å². The predicted octanol–water partition coefficient (Wildman–Crippen LogP) is 4.02. The minimum Gasteiger partial charge on any atom is -0.465 e. The number of ether oxygens (including phenoxy) is 1. The second-order valence-corrected chi connectivity index (χ2v) is 6.33. The number of rotatable bonds is 8. The summed E-state index contributed by atoms with van der Waals surface area (Å²) in [6.45, 7) is 6.78. The van der Waals surface area contributed by atoms with Crippen LogP contribution in [0.4, 0.5) is 4.79 Å². The SMILES string of the molecule is CCCCC(CC)COC(=O)CC.O=C1NC(=O)C(=Cc2ccccc2)N1. The number of nitrogens with one attached hydrogen (secondary N) is 2. The summed E-state index contributed by atoms with van der Waals surface area (Å²) in [6, 6.07) is 8.84. The third kappa shape index (κ3) is 9.03. The molecule has 1 fully saturated rings. The van der Waals surface area contributed by atoms with Gasteiger partial charge in [0.15, 0.2) is 0 Å². The zero-order chi connectivity index (χ0) is 20.1. The molecule has 27 heavy (non-hydrogen) atoms. The molecule has 6 nitrogen and oxygen atoms in total. The van der Waals surface area contributed by atoms with Crippen molar-refractivity contribution in [2.45, 2.75) is 52.9 Å². The van der Waals surface area contributed by atoms with Gasteiger partial charge in [0.1, 0.15) is 5.70 Å². The lowest BCUT2D eigenvalue weighted by Gasteiger charge is -2.13. The minimum absolute atomic E-state index is 0.0741. The Morgan fingerprint density at radius 2 is 1.81 bits per heavy atom. The molecule has 6 heteroatoms. The van der Waals surface area contributed by atoms with E-state index in [9.17, 15) is 14.4 Å². The number of carbonyl (C=O) groups excluding carboxylic acids is 3. The number of hydrogen-bond acceptors (Lipinski definition) is 4. The van der Waals surface area contributed by atoms with Gasteiger partial charge in [-0.05, 0) is 24.0 Å². The summed E-state index contributed by atoms with van der Waals surface area (Å²) in [6.07, 6.45) is 6.87. The largest absolute Gasteiger partial charge is 0.465 e. The molecular weight excluding hydrogens is 344 g/mol. The fourth-order valence-corrected chi connectivity index (χ4v) is 2.41. The van der Waals surface area contributed by atoms with E-state index in [1.165, 1.54) is 19.3 Å². The maximum absolute atomic E-state index is 11.1. The van der Waals surface area contributed by atoms with E-state index in [0.717, 1.165) is 12.0 Å². The lowest BCUT2D eigenvalue weighted by atomic mass is 10.0. The molecule has 0 aliphatic carbocycles. The monoisotopic (exact) mass is 374 g/mol. The molecule has 148 valence electrons. The summed E-state index contributed by atoms with van der Waals surface area (Å²) in [5, 5.41) is 4.54. The van der Waals surface area contributed by atoms with Crippen LogP contribution in [0, 0.1) is 5.92 Å². The molecule has 0 bridgehead atoms. The summed E-state index contributed by atoms with van der Waals surface area (Å²) < 4.78 is 5.10. The van der Waals surface area contributed by atoms with E-state index in [0.29, 0.717) is 18.9 Å². The Morgan fingerprint density at radius 1 is 1.11 bits per heavy atom. The molecule has 2 N–H and O–H groups in total. The van der Waals surface area contributed by atoms with Crippen molar-refractivity contribution in [2.75, 3.05) is 6.61 Å². The van der Waals surface area contributed by atoms with Gasteiger partial charge in [-0.25, -0.2) is 4.79 Å². The van der Waals surface area contributed by atoms with Crippen molar-refractivity contribution in [2.24, 2.45) is 5.92 Å². The van der Waals surface area contributed by atoms with Crippen LogP contribution in [0.2, 0.25) is 0 Å². The summed E-state index contributed by atoms with van der Waals surface area (Å²) in [5.74, 6) is 0.101. The molecule has 0 saturated carbocycles. The van der Waals surface area contributed by atoms with Crippen LogP contribution in [-0.2, 0) is 14.3 Å². The number of urea groups is 1. The molecule has 2 rings (SSSR count). The van der Waals surface area contributed by atoms with Crippen molar-refractivity contribution in [3.05, 3.63) is 41.6 Å². The van der Waals surface area contributed by atoms with Crippen LogP contribution in [-0.4, -0.2) is 24.5 Å². The number of imide groups is 1. The Kier molecular flexibility index (Phi) is 10.5. The topological polar surface area (TPSA) is 84.5 Å². The quantitative estimate of drug-likeness (QED) is 0.409. The standard InChI is InChI=1S/C11H22O2.C10H8N2O2/c1-4-7-8-10(5-2)9-13-11(12)6-3;13-9-8(11-10(14)12-9)6-7-4-2-1-3-5-7/h10H,4-9H2,1-3H3;1-6H,(H2,11,12,13,14). The van der Waals surface area contributed by atoms with E-state index >= 15 is 0 Å². The number of esters is 1. The summed E-state index contributed by atoms with van der Waals surface area (Å²) in [5.41, 5.74) is 1.15. The maximum atomic E-state index is 11.1. The lowest BCUT2D eigenvalue weighted by molar-refractivity contribution is -0.144. The predicted molar refractivity (Wildman–Crippen MR) is 106 cm³/mol. The Bertz CT molecular complexity index is 641. The highest BCUT2D eigenvalue weighted by Gasteiger charge is 2.22. The van der Waals surface area contributed by atoms with Gasteiger partial charge >= 0.3 is 12.0 Å². The molecule has 1 saturated heterocycles. The van der Waals surface area contributed by atoms with E-state index in [4.69, 9.17) is 4.74 Å². The van der Waals surface area contributed by atoms with Crippen LogP contribution < -0.4 is 10.6 Å². The molecule has 0 spiro atoms. The van der Waals surface area contributed by atoms with Gasteiger partial charge in [0.25, 0.3) is 5.91 Å². The Balaban J connectivity index is 0.000000271. The highest BCUT2D eigenvalue weighted by atomic mass is 16.5. The van der Waals surface area contributed by atoms with Crippen molar-refractivity contribution in [1.29, 1.82) is 0 Å². The van der Waals surface area contributed by atoms with E-state index in [-0.39, 0.29) is 17.6 Å². The first-order valence-electron chi connectivity index (χ1n) is 9.54. The second-order valence-electron chi connectivity index (χ2n) is 6.33. The van der Waals surface area contributed by atoms with Gasteiger partial charge in [0, 0.05) is 6.42 Å². The third-order valence-electron chi connectivity index (χ3n) is 4.14. The Labute approximate surface area is 161 Å². The van der Waals surface area contributed by atoms with Gasteiger partial charge in [0.05, 0.1) is 6.61 Å². The number of unbranched alkanes of at least 4 members (excludes halogenated alkanes) is 1. The van der Waals surface area contributed by atoms with Gasteiger partial charge in [0.2, 0.25) is 0 Å². The molecule has 1 aliphatic heterocycles. The Hall–Kier alpha value is -2.63. The zero-order valence-electron chi connectivity index (χ0n) is 16.4. The smallest absolute Gasteiger partial charge is 0.326 e. The molecule has 0 aromatic heterocycles. The molecule has 1 aliphatic rings. The van der Waals surface area contributed by atoms with Gasteiger partial charge in [-0.15, -0.1) is 0 Å². The zero-order valence-corrected chi connectivity index (χ0v) is 16.4. The van der Waals surface area contributed by atoms with Gasteiger partial charge in [-0.3, -0.25) is 14.9 Å². The average molecular weight is 374 g/mol. The molecule has 1 unspecified atom stereocenters. The fraction of sp³-hybridized carbons (Fsp3) is 0.476. The summed E-state index contributed by atoms with van der Waals surface area (Å²) in [4.78, 5) is 32.8. The van der Waals surface area contributed by atoms with Crippen LogP contribution in [0.3, 0.4) is 0 Å². The molecule has 1 heterocycles. The third-order valence-corrected chi connectivity index (χ3v) is 4.14. The highest BCUT2D eigenvalue weighted by molar-refractivity contribution is 6.13. The van der Waals surface area contributed by atoms with Gasteiger partial charge < -0.3 is 10.1 Å². The van der Waals surface area contributed by atoms with Gasteiger partial charge in [-0.1, -0.05) is 70.4 Å². The first kappa shape index (κ1) is 22.4. The van der Waals surface area contributed by atoms with Crippen LogP contribution in [0.5, 0.6) is 0 Å². The van der Waals surface area contributed by atoms with Crippen molar-refractivity contribution >= 4 is 24.0 Å². The van der Waals surface area contributed by atoms with Crippen molar-refractivity contribution < 1.29 is 19.1 Å². The minimum atomic E-state index is -0.475. The van der Waals surface area contributed by atoms with Crippen molar-refractivity contribution in [3.63, 3.8) is 0 Å². The summed E-state index contributed by atoms with van der Waals surface area (Å²) >= 11 is 0. The first-order chi connectivity index (χ1) is 13.0. The molecule has 1 aromatic rings. The van der Waals surface area contributed by atoms with Crippen LogP contribution in [0.1, 0.15) is 58.4 Å². The summed E-state index contributed by atoms with van der Waals surface area (Å²) in [7, 11) is 0. The molecule has 1 atom stereocenters. The highest BCUT2D eigenvalue weighted by Crippen LogP contribution is 2.13. The van der Waals surface area contributed by atoms with E-state index in [2.05, 4.69) is 24.5 Å². The molecule has 1 aromatic carbocycles. The van der Waals surface area contributed by atoms with Crippen LogP contribution in [0.15, 0.2) is 36.0 Å². The molecular formula is C21H30N2O4. The molecule has 0 radical (unpaired) electrons. The van der Waals surface area contributed by atoms with E-state index in [1.807, 2.05) is 37.3 Å². The normalized spacial score (nSPS) is 15.4. The van der Waals surface area contributed by atoms with E-state index < -0.39 is 6.03 Å². The average Bonchev–Trinajstić information content (AvgIpc) is 3.00. The molecule has 3 amide bonds. The van der Waals surface area contributed by atoms with E-state index in [1.54, 1.807) is 6.08 Å². The number of carbonyl (C=O) groups is 3. The number of benzene rings is 1. The van der Waals surface area contributed by atoms with Crippen molar-refractivity contribution in [3.8, 4) is 0 Å². The van der Waals surface area contributed by atoms with Crippen LogP contribution in [0.25, 0.3) is 6.08 Å². The Morgan fingerprint density at radius 3 is 2.33 bits per heavy atom. The first-order valence-corrected chi connectivity index (χ1v) is 9.54. The maximum Gasteiger partial charge on any atom is 0.326 e. The lowest BCUT2D eigenvalue weighted by Crippen LogP contribution is -2.22. The number of hydrogen-bond donors (Lipinski definition) is 2. The second kappa shape index (κ2) is 12.7.